The first-order valence-electron chi connectivity index (χ1n) is 10.1. The Labute approximate surface area is 173 Å². The standard InChI is InChI=1S/C23H22N4O3/c28-14-15-4-6-25-20(8-15)23(30)26-11-16-7-18(13-26)21-9-17(10-22(29)27(21)12-16)19-3-1-2-5-24-19/h1-6,8-10,16,18,28H,7,11-14H2/t16-,18+/m0/s1. The first kappa shape index (κ1) is 18.7. The summed E-state index contributed by atoms with van der Waals surface area (Å²) in [6.45, 7) is 1.64. The van der Waals surface area contributed by atoms with Gasteiger partial charge in [-0.25, -0.2) is 0 Å². The number of piperidine rings is 1. The molecular weight excluding hydrogens is 380 g/mol. The SMILES string of the molecule is O=C(c1cc(CO)ccn1)N1C[C@@H]2C[C@H](C1)c1cc(-c3ccccn3)cc(=O)n1C2. The Kier molecular flexibility index (Phi) is 4.67. The molecule has 2 aliphatic rings. The van der Waals surface area contributed by atoms with Crippen molar-refractivity contribution in [1.82, 2.24) is 19.4 Å². The third-order valence-corrected chi connectivity index (χ3v) is 6.03. The van der Waals surface area contributed by atoms with Crippen molar-refractivity contribution < 1.29 is 9.90 Å². The summed E-state index contributed by atoms with van der Waals surface area (Å²) in [6, 6.07) is 12.7. The predicted octanol–water partition coefficient (Wildman–Crippen LogP) is 2.06. The summed E-state index contributed by atoms with van der Waals surface area (Å²) in [4.78, 5) is 36.3. The van der Waals surface area contributed by atoms with Gasteiger partial charge in [0.1, 0.15) is 5.69 Å². The van der Waals surface area contributed by atoms with Crippen molar-refractivity contribution in [3.8, 4) is 11.3 Å². The lowest BCUT2D eigenvalue weighted by Gasteiger charge is -2.42. The van der Waals surface area contributed by atoms with Gasteiger partial charge in [0.05, 0.1) is 12.3 Å². The second kappa shape index (κ2) is 7.50. The van der Waals surface area contributed by atoms with Crippen LogP contribution in [0.3, 0.4) is 0 Å². The summed E-state index contributed by atoms with van der Waals surface area (Å²) in [5.74, 6) is 0.204. The highest BCUT2D eigenvalue weighted by Crippen LogP contribution is 2.36. The van der Waals surface area contributed by atoms with E-state index in [9.17, 15) is 14.7 Å². The van der Waals surface area contributed by atoms with Gasteiger partial charge in [-0.15, -0.1) is 0 Å². The Morgan fingerprint density at radius 1 is 1.07 bits per heavy atom. The minimum Gasteiger partial charge on any atom is -0.392 e. The molecule has 2 aliphatic heterocycles. The number of aliphatic hydroxyl groups is 1. The highest BCUT2D eigenvalue weighted by Gasteiger charge is 2.37. The number of hydrogen-bond donors (Lipinski definition) is 1. The minimum absolute atomic E-state index is 0.0139. The number of fused-ring (bicyclic) bond motifs is 4. The van der Waals surface area contributed by atoms with E-state index in [-0.39, 0.29) is 29.9 Å². The Balaban J connectivity index is 1.47. The van der Waals surface area contributed by atoms with Crippen LogP contribution in [0.4, 0.5) is 0 Å². The monoisotopic (exact) mass is 402 g/mol. The largest absolute Gasteiger partial charge is 0.392 e. The second-order valence-electron chi connectivity index (χ2n) is 8.05. The number of rotatable bonds is 3. The molecule has 3 aromatic rings. The van der Waals surface area contributed by atoms with Crippen molar-refractivity contribution in [3.63, 3.8) is 0 Å². The molecule has 30 heavy (non-hydrogen) atoms. The van der Waals surface area contributed by atoms with E-state index in [2.05, 4.69) is 9.97 Å². The fourth-order valence-electron chi connectivity index (χ4n) is 4.66. The number of carbonyl (C=O) groups is 1. The van der Waals surface area contributed by atoms with E-state index in [0.717, 1.165) is 23.4 Å². The van der Waals surface area contributed by atoms with Gasteiger partial charge in [-0.3, -0.25) is 19.6 Å². The van der Waals surface area contributed by atoms with Crippen LogP contribution in [0.2, 0.25) is 0 Å². The molecular formula is C23H22N4O3. The fourth-order valence-corrected chi connectivity index (χ4v) is 4.66. The zero-order valence-electron chi connectivity index (χ0n) is 16.4. The molecule has 2 atom stereocenters. The molecule has 5 rings (SSSR count). The highest BCUT2D eigenvalue weighted by molar-refractivity contribution is 5.92. The summed E-state index contributed by atoms with van der Waals surface area (Å²) in [5.41, 5.74) is 3.55. The molecule has 0 aliphatic carbocycles. The maximum absolute atomic E-state index is 13.1. The van der Waals surface area contributed by atoms with Crippen LogP contribution in [0.15, 0.2) is 59.7 Å². The normalized spacial score (nSPS) is 20.0. The lowest BCUT2D eigenvalue weighted by atomic mass is 9.82. The molecule has 0 saturated carbocycles. The van der Waals surface area contributed by atoms with Crippen LogP contribution < -0.4 is 5.56 Å². The highest BCUT2D eigenvalue weighted by atomic mass is 16.3. The van der Waals surface area contributed by atoms with E-state index >= 15 is 0 Å². The van der Waals surface area contributed by atoms with Gasteiger partial charge in [-0.05, 0) is 48.2 Å². The molecule has 5 heterocycles. The molecule has 0 radical (unpaired) electrons. The number of aliphatic hydroxyl groups excluding tert-OH is 1. The van der Waals surface area contributed by atoms with Crippen LogP contribution in [-0.4, -0.2) is 43.5 Å². The quantitative estimate of drug-likeness (QED) is 0.725. The van der Waals surface area contributed by atoms with Gasteiger partial charge in [0.15, 0.2) is 0 Å². The Bertz CT molecular complexity index is 1160. The maximum Gasteiger partial charge on any atom is 0.272 e. The topological polar surface area (TPSA) is 88.3 Å². The Morgan fingerprint density at radius 3 is 2.77 bits per heavy atom. The maximum atomic E-state index is 13.1. The zero-order chi connectivity index (χ0) is 20.7. The summed E-state index contributed by atoms with van der Waals surface area (Å²) >= 11 is 0. The zero-order valence-corrected chi connectivity index (χ0v) is 16.4. The Morgan fingerprint density at radius 2 is 1.97 bits per heavy atom. The summed E-state index contributed by atoms with van der Waals surface area (Å²) < 4.78 is 1.86. The molecule has 7 heteroatoms. The number of hydrogen-bond acceptors (Lipinski definition) is 5. The lowest BCUT2D eigenvalue weighted by molar-refractivity contribution is 0.0588. The third-order valence-electron chi connectivity index (χ3n) is 6.03. The third kappa shape index (κ3) is 3.31. The molecule has 1 saturated heterocycles. The van der Waals surface area contributed by atoms with E-state index in [1.165, 1.54) is 0 Å². The number of likely N-dealkylation sites (tertiary alicyclic amines) is 1. The molecule has 1 N–H and O–H groups in total. The van der Waals surface area contributed by atoms with Gasteiger partial charge in [0.2, 0.25) is 0 Å². The van der Waals surface area contributed by atoms with Gasteiger partial charge in [-0.1, -0.05) is 6.07 Å². The summed E-state index contributed by atoms with van der Waals surface area (Å²) in [7, 11) is 0. The molecule has 7 nitrogen and oxygen atoms in total. The van der Waals surface area contributed by atoms with Gasteiger partial charge >= 0.3 is 0 Å². The molecule has 1 fully saturated rings. The number of pyridine rings is 3. The van der Waals surface area contributed by atoms with Crippen LogP contribution in [-0.2, 0) is 13.2 Å². The average molecular weight is 402 g/mol. The summed E-state index contributed by atoms with van der Waals surface area (Å²) in [5, 5.41) is 9.35. The van der Waals surface area contributed by atoms with Crippen molar-refractivity contribution in [3.05, 3.63) is 82.2 Å². The molecule has 152 valence electrons. The Hall–Kier alpha value is -3.32. The van der Waals surface area contributed by atoms with E-state index in [1.54, 1.807) is 30.6 Å². The first-order valence-corrected chi connectivity index (χ1v) is 10.1. The van der Waals surface area contributed by atoms with Crippen molar-refractivity contribution in [2.45, 2.75) is 25.5 Å². The molecule has 2 bridgehead atoms. The van der Waals surface area contributed by atoms with E-state index in [0.29, 0.717) is 30.9 Å². The number of aromatic nitrogens is 3. The predicted molar refractivity (Wildman–Crippen MR) is 111 cm³/mol. The minimum atomic E-state index is -0.128. The van der Waals surface area contributed by atoms with Crippen LogP contribution in [0.1, 0.15) is 34.1 Å². The van der Waals surface area contributed by atoms with Crippen molar-refractivity contribution >= 4 is 5.91 Å². The second-order valence-corrected chi connectivity index (χ2v) is 8.05. The molecule has 0 unspecified atom stereocenters. The van der Waals surface area contributed by atoms with E-state index in [4.69, 9.17) is 0 Å². The molecule has 0 aromatic carbocycles. The van der Waals surface area contributed by atoms with Gasteiger partial charge in [0.25, 0.3) is 11.5 Å². The van der Waals surface area contributed by atoms with Crippen LogP contribution >= 0.6 is 0 Å². The summed E-state index contributed by atoms with van der Waals surface area (Å²) in [6.07, 6.45) is 4.23. The first-order chi connectivity index (χ1) is 14.6. The van der Waals surface area contributed by atoms with E-state index < -0.39 is 0 Å². The smallest absolute Gasteiger partial charge is 0.272 e. The van der Waals surface area contributed by atoms with Crippen LogP contribution in [0.25, 0.3) is 11.3 Å². The van der Waals surface area contributed by atoms with Crippen LogP contribution in [0.5, 0.6) is 0 Å². The molecule has 1 amide bonds. The number of nitrogens with zero attached hydrogens (tertiary/aromatic N) is 4. The van der Waals surface area contributed by atoms with Crippen molar-refractivity contribution in [2.24, 2.45) is 5.92 Å². The van der Waals surface area contributed by atoms with Crippen molar-refractivity contribution in [2.75, 3.05) is 13.1 Å². The number of amides is 1. The van der Waals surface area contributed by atoms with Gasteiger partial charge < -0.3 is 14.6 Å². The van der Waals surface area contributed by atoms with Gasteiger partial charge in [0, 0.05) is 55.3 Å². The fraction of sp³-hybridized carbons (Fsp3) is 0.304. The van der Waals surface area contributed by atoms with E-state index in [1.807, 2.05) is 33.7 Å². The number of carbonyl (C=O) groups excluding carboxylic acids is 1. The van der Waals surface area contributed by atoms with Crippen LogP contribution in [0, 0.1) is 5.92 Å². The van der Waals surface area contributed by atoms with Crippen molar-refractivity contribution in [1.29, 1.82) is 0 Å². The molecule has 3 aromatic heterocycles. The average Bonchev–Trinajstić information content (AvgIpc) is 2.79. The van der Waals surface area contributed by atoms with Gasteiger partial charge in [-0.2, -0.15) is 0 Å². The lowest BCUT2D eigenvalue weighted by Crippen LogP contribution is -2.49. The molecule has 0 spiro atoms.